The van der Waals surface area contributed by atoms with E-state index in [4.69, 9.17) is 9.84 Å². The Morgan fingerprint density at radius 3 is 2.54 bits per heavy atom. The molecule has 1 amide bonds. The van der Waals surface area contributed by atoms with E-state index < -0.39 is 0 Å². The number of pyridine rings is 1. The normalized spacial score (nSPS) is 13.4. The summed E-state index contributed by atoms with van der Waals surface area (Å²) in [6, 6.07) is 23.0. The highest BCUT2D eigenvalue weighted by Crippen LogP contribution is 2.28. The van der Waals surface area contributed by atoms with Crippen molar-refractivity contribution in [3.05, 3.63) is 90.3 Å². The van der Waals surface area contributed by atoms with Crippen LogP contribution in [0.1, 0.15) is 15.9 Å². The number of hydrogen-bond acceptors (Lipinski definition) is 6. The zero-order chi connectivity index (χ0) is 24.2. The number of carbonyl (C=O) groups excluding carboxylic acids is 1. The van der Waals surface area contributed by atoms with Gasteiger partial charge >= 0.3 is 0 Å². The molecule has 0 radical (unpaired) electrons. The van der Waals surface area contributed by atoms with E-state index in [0.717, 1.165) is 11.3 Å². The molecule has 1 aliphatic heterocycles. The third-order valence-electron chi connectivity index (χ3n) is 6.08. The molecule has 3 heterocycles. The monoisotopic (exact) mass is 464 g/mol. The van der Waals surface area contributed by atoms with Gasteiger partial charge in [-0.05, 0) is 36.4 Å². The smallest absolute Gasteiger partial charge is 0.257 e. The summed E-state index contributed by atoms with van der Waals surface area (Å²) in [4.78, 5) is 22.0. The SMILES string of the molecule is COc1cccc(-c2nn(-c3ccccc3)cc2C(=O)N2CCN(c3ncccc3C#N)CC2)c1. The van der Waals surface area contributed by atoms with Gasteiger partial charge in [-0.15, -0.1) is 0 Å². The number of methoxy groups -OCH3 is 1. The molecule has 0 spiro atoms. The molecule has 174 valence electrons. The van der Waals surface area contributed by atoms with Gasteiger partial charge < -0.3 is 14.5 Å². The Morgan fingerprint density at radius 1 is 1.00 bits per heavy atom. The van der Waals surface area contributed by atoms with Crippen LogP contribution in [0.3, 0.4) is 0 Å². The van der Waals surface area contributed by atoms with Crippen molar-refractivity contribution in [2.45, 2.75) is 0 Å². The van der Waals surface area contributed by atoms with Crippen LogP contribution >= 0.6 is 0 Å². The van der Waals surface area contributed by atoms with E-state index in [1.54, 1.807) is 36.3 Å². The van der Waals surface area contributed by atoms with Crippen LogP contribution in [0.5, 0.6) is 5.75 Å². The van der Waals surface area contributed by atoms with Crippen molar-refractivity contribution in [3.8, 4) is 28.8 Å². The first-order chi connectivity index (χ1) is 17.2. The summed E-state index contributed by atoms with van der Waals surface area (Å²) in [6.45, 7) is 2.24. The third-order valence-corrected chi connectivity index (χ3v) is 6.08. The van der Waals surface area contributed by atoms with Crippen LogP contribution in [-0.4, -0.2) is 58.9 Å². The quantitative estimate of drug-likeness (QED) is 0.447. The van der Waals surface area contributed by atoms with Gasteiger partial charge in [0.2, 0.25) is 0 Å². The number of para-hydroxylation sites is 1. The lowest BCUT2D eigenvalue weighted by Crippen LogP contribution is -2.49. The van der Waals surface area contributed by atoms with E-state index in [0.29, 0.717) is 54.6 Å². The Labute approximate surface area is 203 Å². The fraction of sp³-hybridized carbons (Fsp3) is 0.185. The standard InChI is InChI=1S/C27H24N6O2/c1-35-23-11-5-7-20(17-23)25-24(19-33(30-25)22-9-3-2-4-10-22)27(34)32-15-13-31(14-16-32)26-21(18-28)8-6-12-29-26/h2-12,17,19H,13-16H2,1H3. The number of nitriles is 1. The highest BCUT2D eigenvalue weighted by molar-refractivity contribution is 6.00. The second-order valence-corrected chi connectivity index (χ2v) is 8.17. The molecule has 0 atom stereocenters. The average molecular weight is 465 g/mol. The number of nitrogens with zero attached hydrogens (tertiary/aromatic N) is 6. The van der Waals surface area contributed by atoms with Crippen molar-refractivity contribution in [2.75, 3.05) is 38.2 Å². The minimum absolute atomic E-state index is 0.0776. The lowest BCUT2D eigenvalue weighted by atomic mass is 10.1. The minimum Gasteiger partial charge on any atom is -0.497 e. The Hall–Kier alpha value is -4.64. The summed E-state index contributed by atoms with van der Waals surface area (Å²) in [5, 5.41) is 14.2. The Bertz CT molecular complexity index is 1380. The summed E-state index contributed by atoms with van der Waals surface area (Å²) >= 11 is 0. The van der Waals surface area contributed by atoms with E-state index in [1.807, 2.05) is 59.5 Å². The number of piperazine rings is 1. The van der Waals surface area contributed by atoms with Crippen LogP contribution in [0.4, 0.5) is 5.82 Å². The van der Waals surface area contributed by atoms with Gasteiger partial charge in [-0.1, -0.05) is 30.3 Å². The Kier molecular flexibility index (Phi) is 6.14. The fourth-order valence-corrected chi connectivity index (χ4v) is 4.25. The van der Waals surface area contributed by atoms with E-state index in [1.165, 1.54) is 0 Å². The molecule has 0 N–H and O–H groups in total. The van der Waals surface area contributed by atoms with Crippen LogP contribution in [0, 0.1) is 11.3 Å². The molecule has 0 unspecified atom stereocenters. The number of aromatic nitrogens is 3. The van der Waals surface area contributed by atoms with Crippen molar-refractivity contribution >= 4 is 11.7 Å². The molecule has 2 aromatic heterocycles. The minimum atomic E-state index is -0.0776. The van der Waals surface area contributed by atoms with Gasteiger partial charge in [0.05, 0.1) is 23.9 Å². The second-order valence-electron chi connectivity index (χ2n) is 8.17. The van der Waals surface area contributed by atoms with E-state index in [-0.39, 0.29) is 5.91 Å². The van der Waals surface area contributed by atoms with Crippen molar-refractivity contribution in [2.24, 2.45) is 0 Å². The van der Waals surface area contributed by atoms with E-state index in [2.05, 4.69) is 16.0 Å². The maximum absolute atomic E-state index is 13.7. The second kappa shape index (κ2) is 9.69. The summed E-state index contributed by atoms with van der Waals surface area (Å²) in [6.07, 6.45) is 3.48. The van der Waals surface area contributed by atoms with Crippen molar-refractivity contribution in [1.29, 1.82) is 5.26 Å². The molecule has 35 heavy (non-hydrogen) atoms. The molecule has 8 nitrogen and oxygen atoms in total. The molecule has 1 fully saturated rings. The number of rotatable bonds is 5. The zero-order valence-corrected chi connectivity index (χ0v) is 19.3. The predicted octanol–water partition coefficient (Wildman–Crippen LogP) is 3.78. The van der Waals surface area contributed by atoms with Crippen LogP contribution in [-0.2, 0) is 0 Å². The molecular formula is C27H24N6O2. The zero-order valence-electron chi connectivity index (χ0n) is 19.3. The van der Waals surface area contributed by atoms with Gasteiger partial charge in [0.25, 0.3) is 5.91 Å². The molecule has 0 aliphatic carbocycles. The molecule has 4 aromatic rings. The van der Waals surface area contributed by atoms with E-state index >= 15 is 0 Å². The molecule has 2 aromatic carbocycles. The summed E-state index contributed by atoms with van der Waals surface area (Å²) in [7, 11) is 1.62. The average Bonchev–Trinajstić information content (AvgIpc) is 3.39. The number of ether oxygens (including phenoxy) is 1. The Morgan fingerprint density at radius 2 is 1.80 bits per heavy atom. The molecule has 0 saturated carbocycles. The molecule has 5 rings (SSSR count). The van der Waals surface area contributed by atoms with Crippen LogP contribution in [0.25, 0.3) is 16.9 Å². The highest BCUT2D eigenvalue weighted by Gasteiger charge is 2.28. The van der Waals surface area contributed by atoms with Crippen molar-refractivity contribution in [1.82, 2.24) is 19.7 Å². The van der Waals surface area contributed by atoms with Crippen LogP contribution in [0.15, 0.2) is 79.1 Å². The third kappa shape index (κ3) is 4.44. The number of anilines is 1. The largest absolute Gasteiger partial charge is 0.497 e. The van der Waals surface area contributed by atoms with Crippen molar-refractivity contribution < 1.29 is 9.53 Å². The first-order valence-corrected chi connectivity index (χ1v) is 11.4. The van der Waals surface area contributed by atoms with E-state index in [9.17, 15) is 10.1 Å². The maximum Gasteiger partial charge on any atom is 0.257 e. The molecular weight excluding hydrogens is 440 g/mol. The fourth-order valence-electron chi connectivity index (χ4n) is 4.25. The lowest BCUT2D eigenvalue weighted by molar-refractivity contribution is 0.0747. The summed E-state index contributed by atoms with van der Waals surface area (Å²) in [5.74, 6) is 1.29. The topological polar surface area (TPSA) is 87.3 Å². The van der Waals surface area contributed by atoms with Gasteiger partial charge in [-0.2, -0.15) is 10.4 Å². The first kappa shape index (κ1) is 22.2. The van der Waals surface area contributed by atoms with Crippen molar-refractivity contribution in [3.63, 3.8) is 0 Å². The lowest BCUT2D eigenvalue weighted by Gasteiger charge is -2.35. The number of amides is 1. The van der Waals surface area contributed by atoms with Gasteiger partial charge in [-0.3, -0.25) is 4.79 Å². The Balaban J connectivity index is 1.44. The summed E-state index contributed by atoms with van der Waals surface area (Å²) < 4.78 is 7.13. The van der Waals surface area contributed by atoms with Crippen LogP contribution < -0.4 is 9.64 Å². The molecule has 0 bridgehead atoms. The van der Waals surface area contributed by atoms with Gasteiger partial charge in [0.15, 0.2) is 0 Å². The highest BCUT2D eigenvalue weighted by atomic mass is 16.5. The molecule has 1 saturated heterocycles. The first-order valence-electron chi connectivity index (χ1n) is 11.4. The predicted molar refractivity (Wildman–Crippen MR) is 133 cm³/mol. The van der Waals surface area contributed by atoms with Gasteiger partial charge in [0.1, 0.15) is 23.3 Å². The number of hydrogen-bond donors (Lipinski definition) is 0. The number of carbonyl (C=O) groups is 1. The molecule has 1 aliphatic rings. The maximum atomic E-state index is 13.7. The van der Waals surface area contributed by atoms with Crippen LogP contribution in [0.2, 0.25) is 0 Å². The number of benzene rings is 2. The summed E-state index contributed by atoms with van der Waals surface area (Å²) in [5.41, 5.74) is 3.37. The van der Waals surface area contributed by atoms with Gasteiger partial charge in [-0.25, -0.2) is 9.67 Å². The molecule has 8 heteroatoms. The van der Waals surface area contributed by atoms with Gasteiger partial charge in [0, 0.05) is 44.1 Å².